The predicted octanol–water partition coefficient (Wildman–Crippen LogP) is 3.77. The van der Waals surface area contributed by atoms with Crippen LogP contribution in [0.25, 0.3) is 0 Å². The lowest BCUT2D eigenvalue weighted by atomic mass is 9.86. The first-order valence-corrected chi connectivity index (χ1v) is 10.1. The van der Waals surface area contributed by atoms with E-state index >= 15 is 0 Å². The number of nitro benzene ring substituents is 1. The summed E-state index contributed by atoms with van der Waals surface area (Å²) in [7, 11) is 0. The molecule has 2 aromatic rings. The fraction of sp³-hybridized carbons (Fsp3) is 0.391. The Morgan fingerprint density at radius 3 is 2.32 bits per heavy atom. The van der Waals surface area contributed by atoms with Crippen molar-refractivity contribution in [2.75, 3.05) is 37.8 Å². The molecule has 0 aromatic heterocycles. The molecular formula is C23H26N2O6. The van der Waals surface area contributed by atoms with Crippen LogP contribution >= 0.6 is 0 Å². The Morgan fingerprint density at radius 2 is 1.74 bits per heavy atom. The number of anilines is 1. The second kappa shape index (κ2) is 9.26. The molecule has 1 saturated heterocycles. The molecule has 1 aliphatic rings. The van der Waals surface area contributed by atoms with Gasteiger partial charge in [-0.2, -0.15) is 0 Å². The molecule has 1 heterocycles. The van der Waals surface area contributed by atoms with Crippen LogP contribution in [0.5, 0.6) is 0 Å². The van der Waals surface area contributed by atoms with E-state index in [9.17, 15) is 19.7 Å². The van der Waals surface area contributed by atoms with E-state index < -0.39 is 17.5 Å². The summed E-state index contributed by atoms with van der Waals surface area (Å²) in [6, 6.07) is 11.3. The smallest absolute Gasteiger partial charge is 0.340 e. The maximum absolute atomic E-state index is 12.7. The van der Waals surface area contributed by atoms with E-state index in [4.69, 9.17) is 9.47 Å². The van der Waals surface area contributed by atoms with Crippen LogP contribution in [0.15, 0.2) is 42.5 Å². The van der Waals surface area contributed by atoms with Gasteiger partial charge in [0.1, 0.15) is 0 Å². The number of nitrogens with zero attached hydrogens (tertiary/aromatic N) is 2. The lowest BCUT2D eigenvalue weighted by Crippen LogP contribution is -2.37. The fourth-order valence-corrected chi connectivity index (χ4v) is 3.33. The normalized spacial score (nSPS) is 14.2. The van der Waals surface area contributed by atoms with Gasteiger partial charge in [-0.25, -0.2) is 4.79 Å². The largest absolute Gasteiger partial charge is 0.454 e. The molecule has 0 unspecified atom stereocenters. The minimum absolute atomic E-state index is 0.0358. The predicted molar refractivity (Wildman–Crippen MR) is 116 cm³/mol. The first kappa shape index (κ1) is 22.4. The standard InChI is InChI=1S/C23H26N2O6/c1-23(2,3)17-6-4-16(5-7-17)21(26)15-31-22(27)19-14-18(25(28)29)8-9-20(19)24-10-12-30-13-11-24/h4-9,14H,10-13,15H2,1-3H3. The van der Waals surface area contributed by atoms with Crippen molar-refractivity contribution in [2.24, 2.45) is 0 Å². The molecule has 1 aliphatic heterocycles. The molecule has 0 aliphatic carbocycles. The lowest BCUT2D eigenvalue weighted by molar-refractivity contribution is -0.384. The van der Waals surface area contributed by atoms with Crippen LogP contribution in [0, 0.1) is 10.1 Å². The minimum atomic E-state index is -0.773. The summed E-state index contributed by atoms with van der Waals surface area (Å²) in [4.78, 5) is 37.8. The maximum Gasteiger partial charge on any atom is 0.340 e. The third-order valence-electron chi connectivity index (χ3n) is 5.17. The molecule has 1 fully saturated rings. The SMILES string of the molecule is CC(C)(C)c1ccc(C(=O)COC(=O)c2cc([N+](=O)[O-])ccc2N2CCOCC2)cc1. The molecule has 0 spiro atoms. The lowest BCUT2D eigenvalue weighted by Gasteiger charge is -2.30. The van der Waals surface area contributed by atoms with Crippen LogP contribution in [-0.2, 0) is 14.9 Å². The van der Waals surface area contributed by atoms with Crippen molar-refractivity contribution in [3.8, 4) is 0 Å². The fourth-order valence-electron chi connectivity index (χ4n) is 3.33. The van der Waals surface area contributed by atoms with Crippen molar-refractivity contribution in [3.05, 3.63) is 69.3 Å². The van der Waals surface area contributed by atoms with Crippen molar-refractivity contribution >= 4 is 23.1 Å². The van der Waals surface area contributed by atoms with E-state index in [2.05, 4.69) is 20.8 Å². The highest BCUT2D eigenvalue weighted by molar-refractivity contribution is 6.01. The summed E-state index contributed by atoms with van der Waals surface area (Å²) >= 11 is 0. The average molecular weight is 426 g/mol. The quantitative estimate of drug-likeness (QED) is 0.300. The molecule has 3 rings (SSSR count). The highest BCUT2D eigenvalue weighted by Crippen LogP contribution is 2.27. The Labute approximate surface area is 180 Å². The first-order chi connectivity index (χ1) is 14.7. The van der Waals surface area contributed by atoms with Gasteiger partial charge in [-0.1, -0.05) is 45.0 Å². The molecule has 8 heteroatoms. The van der Waals surface area contributed by atoms with E-state index in [-0.39, 0.29) is 22.4 Å². The van der Waals surface area contributed by atoms with E-state index in [1.807, 2.05) is 17.0 Å². The van der Waals surface area contributed by atoms with Crippen molar-refractivity contribution < 1.29 is 24.0 Å². The summed E-state index contributed by atoms with van der Waals surface area (Å²) in [6.07, 6.45) is 0. The molecule has 2 aromatic carbocycles. The highest BCUT2D eigenvalue weighted by Gasteiger charge is 2.24. The Kier molecular flexibility index (Phi) is 6.70. The number of ether oxygens (including phenoxy) is 2. The van der Waals surface area contributed by atoms with Gasteiger partial charge in [-0.3, -0.25) is 14.9 Å². The summed E-state index contributed by atoms with van der Waals surface area (Å²) in [6.45, 7) is 7.89. The topological polar surface area (TPSA) is 99.0 Å². The number of carbonyl (C=O) groups is 2. The molecule has 0 N–H and O–H groups in total. The van der Waals surface area contributed by atoms with Gasteiger partial charge in [0.2, 0.25) is 0 Å². The van der Waals surface area contributed by atoms with Gasteiger partial charge in [0.05, 0.1) is 29.4 Å². The number of non-ortho nitro benzene ring substituents is 1. The van der Waals surface area contributed by atoms with Crippen LogP contribution < -0.4 is 4.90 Å². The van der Waals surface area contributed by atoms with E-state index in [1.165, 1.54) is 18.2 Å². The number of rotatable bonds is 6. The number of nitro groups is 1. The van der Waals surface area contributed by atoms with Gasteiger partial charge in [-0.15, -0.1) is 0 Å². The molecular weight excluding hydrogens is 400 g/mol. The average Bonchev–Trinajstić information content (AvgIpc) is 2.76. The third kappa shape index (κ3) is 5.46. The third-order valence-corrected chi connectivity index (χ3v) is 5.17. The van der Waals surface area contributed by atoms with Gasteiger partial charge in [-0.05, 0) is 17.0 Å². The second-order valence-corrected chi connectivity index (χ2v) is 8.38. The minimum Gasteiger partial charge on any atom is -0.454 e. The van der Waals surface area contributed by atoms with Crippen LogP contribution in [0.3, 0.4) is 0 Å². The van der Waals surface area contributed by atoms with E-state index in [1.54, 1.807) is 12.1 Å². The molecule has 0 amide bonds. The van der Waals surface area contributed by atoms with Gasteiger partial charge >= 0.3 is 5.97 Å². The van der Waals surface area contributed by atoms with Gasteiger partial charge in [0.25, 0.3) is 5.69 Å². The van der Waals surface area contributed by atoms with Crippen molar-refractivity contribution in [3.63, 3.8) is 0 Å². The van der Waals surface area contributed by atoms with Gasteiger partial charge in [0.15, 0.2) is 12.4 Å². The van der Waals surface area contributed by atoms with Crippen LogP contribution in [0.2, 0.25) is 0 Å². The molecule has 8 nitrogen and oxygen atoms in total. The van der Waals surface area contributed by atoms with E-state index in [0.717, 1.165) is 5.56 Å². The molecule has 0 radical (unpaired) electrons. The molecule has 31 heavy (non-hydrogen) atoms. The number of morpholine rings is 1. The van der Waals surface area contributed by atoms with Crippen LogP contribution in [0.4, 0.5) is 11.4 Å². The number of ketones is 1. The van der Waals surface area contributed by atoms with Gasteiger partial charge < -0.3 is 14.4 Å². The van der Waals surface area contributed by atoms with Crippen molar-refractivity contribution in [1.82, 2.24) is 0 Å². The number of hydrogen-bond donors (Lipinski definition) is 0. The van der Waals surface area contributed by atoms with Crippen molar-refractivity contribution in [1.29, 1.82) is 0 Å². The Hall–Kier alpha value is -3.26. The Morgan fingerprint density at radius 1 is 1.10 bits per heavy atom. The number of Topliss-reactive ketones (excluding diaryl/α,β-unsaturated/α-hetero) is 1. The molecule has 164 valence electrons. The summed E-state index contributed by atoms with van der Waals surface area (Å²) in [5.41, 5.74) is 1.87. The van der Waals surface area contributed by atoms with Crippen LogP contribution in [-0.4, -0.2) is 49.6 Å². The summed E-state index contributed by atoms with van der Waals surface area (Å²) < 4.78 is 10.6. The van der Waals surface area contributed by atoms with E-state index in [0.29, 0.717) is 37.6 Å². The maximum atomic E-state index is 12.7. The number of benzene rings is 2. The zero-order valence-corrected chi connectivity index (χ0v) is 17.9. The Bertz CT molecular complexity index is 973. The number of esters is 1. The zero-order valence-electron chi connectivity index (χ0n) is 17.9. The molecule has 0 saturated carbocycles. The molecule has 0 atom stereocenters. The second-order valence-electron chi connectivity index (χ2n) is 8.38. The first-order valence-electron chi connectivity index (χ1n) is 10.1. The Balaban J connectivity index is 1.75. The summed E-state index contributed by atoms with van der Waals surface area (Å²) in [5, 5.41) is 11.2. The zero-order chi connectivity index (χ0) is 22.6. The van der Waals surface area contributed by atoms with Crippen LogP contribution in [0.1, 0.15) is 47.1 Å². The number of carbonyl (C=O) groups excluding carboxylic acids is 2. The monoisotopic (exact) mass is 426 g/mol. The number of hydrogen-bond acceptors (Lipinski definition) is 7. The van der Waals surface area contributed by atoms with Crippen molar-refractivity contribution in [2.45, 2.75) is 26.2 Å². The summed E-state index contributed by atoms with van der Waals surface area (Å²) in [5.74, 6) is -1.11. The highest BCUT2D eigenvalue weighted by atomic mass is 16.6. The van der Waals surface area contributed by atoms with Gasteiger partial charge in [0, 0.05) is 30.8 Å². The molecule has 0 bridgehead atoms.